The van der Waals surface area contributed by atoms with Crippen LogP contribution in [-0.4, -0.2) is 34.6 Å². The van der Waals surface area contributed by atoms with Crippen LogP contribution >= 0.6 is 11.3 Å². The van der Waals surface area contributed by atoms with Crippen molar-refractivity contribution in [2.75, 3.05) is 24.3 Å². The number of nitrogens with one attached hydrogen (secondary N) is 2. The van der Waals surface area contributed by atoms with Crippen LogP contribution in [0, 0.1) is 13.8 Å². The van der Waals surface area contributed by atoms with Gasteiger partial charge in [-0.15, -0.1) is 11.3 Å². The molecule has 2 N–H and O–H groups in total. The first-order valence-electron chi connectivity index (χ1n) is 7.89. The number of rotatable bonds is 5. The summed E-state index contributed by atoms with van der Waals surface area (Å²) in [5, 5.41) is 7.09. The third-order valence-corrected chi connectivity index (χ3v) is 4.81. The Morgan fingerprint density at radius 3 is 2.72 bits per heavy atom. The van der Waals surface area contributed by atoms with E-state index in [4.69, 9.17) is 4.74 Å². The number of hydrogen-bond donors (Lipinski definition) is 2. The molecule has 0 unspecified atom stereocenters. The maximum atomic E-state index is 12.2. The Balaban J connectivity index is 2.05. The molecule has 0 amide bonds. The third-order valence-electron chi connectivity index (χ3n) is 3.65. The maximum Gasteiger partial charge on any atom is 0.348 e. The monoisotopic (exact) mass is 357 g/mol. The minimum atomic E-state index is -0.327. The summed E-state index contributed by atoms with van der Waals surface area (Å²) in [5.41, 5.74) is 1.63. The van der Waals surface area contributed by atoms with E-state index in [-0.39, 0.29) is 5.97 Å². The molecule has 7 nitrogen and oxygen atoms in total. The van der Waals surface area contributed by atoms with Crippen molar-refractivity contribution < 1.29 is 9.53 Å². The minimum Gasteiger partial charge on any atom is -0.462 e. The van der Waals surface area contributed by atoms with E-state index in [2.05, 4.69) is 25.6 Å². The molecule has 0 aromatic carbocycles. The number of aromatic nitrogens is 3. The molecule has 0 saturated heterocycles. The summed E-state index contributed by atoms with van der Waals surface area (Å²) >= 11 is 1.33. The highest BCUT2D eigenvalue weighted by Gasteiger charge is 2.21. The van der Waals surface area contributed by atoms with E-state index in [9.17, 15) is 4.79 Å². The maximum absolute atomic E-state index is 12.2. The highest BCUT2D eigenvalue weighted by atomic mass is 32.1. The number of aryl methyl sites for hydroxylation is 2. The lowest BCUT2D eigenvalue weighted by atomic mass is 10.2. The van der Waals surface area contributed by atoms with Crippen LogP contribution in [-0.2, 0) is 4.74 Å². The third kappa shape index (κ3) is 3.39. The van der Waals surface area contributed by atoms with Crippen LogP contribution in [0.4, 0.5) is 17.3 Å². The van der Waals surface area contributed by atoms with Gasteiger partial charge in [0, 0.05) is 7.05 Å². The molecular weight excluding hydrogens is 338 g/mol. The zero-order valence-electron chi connectivity index (χ0n) is 14.5. The topological polar surface area (TPSA) is 89.0 Å². The van der Waals surface area contributed by atoms with Gasteiger partial charge in [0.25, 0.3) is 0 Å². The van der Waals surface area contributed by atoms with Crippen molar-refractivity contribution in [3.05, 3.63) is 34.6 Å². The van der Waals surface area contributed by atoms with E-state index in [0.29, 0.717) is 23.1 Å². The van der Waals surface area contributed by atoms with E-state index in [1.807, 2.05) is 33.0 Å². The van der Waals surface area contributed by atoms with Crippen LogP contribution < -0.4 is 10.6 Å². The van der Waals surface area contributed by atoms with E-state index in [1.54, 1.807) is 13.1 Å². The fourth-order valence-electron chi connectivity index (χ4n) is 2.48. The molecule has 0 saturated carbocycles. The van der Waals surface area contributed by atoms with E-state index < -0.39 is 0 Å². The Labute approximate surface area is 149 Å². The molecule has 8 heteroatoms. The zero-order chi connectivity index (χ0) is 18.0. The fourth-order valence-corrected chi connectivity index (χ4v) is 3.60. The van der Waals surface area contributed by atoms with E-state index in [0.717, 1.165) is 27.3 Å². The number of carbonyl (C=O) groups excluding carboxylic acids is 1. The lowest BCUT2D eigenvalue weighted by molar-refractivity contribution is 0.0531. The van der Waals surface area contributed by atoms with Crippen LogP contribution in [0.15, 0.2) is 18.3 Å². The highest BCUT2D eigenvalue weighted by Crippen LogP contribution is 2.35. The number of fused-ring (bicyclic) bond motifs is 1. The van der Waals surface area contributed by atoms with Gasteiger partial charge in [-0.1, -0.05) is 0 Å². The lowest BCUT2D eigenvalue weighted by Crippen LogP contribution is -2.04. The number of esters is 1. The van der Waals surface area contributed by atoms with E-state index in [1.165, 1.54) is 11.3 Å². The summed E-state index contributed by atoms with van der Waals surface area (Å²) in [6, 6.07) is 3.79. The molecule has 0 atom stereocenters. The second-order valence-corrected chi connectivity index (χ2v) is 6.38. The molecule has 0 aliphatic carbocycles. The Morgan fingerprint density at radius 2 is 2.08 bits per heavy atom. The summed E-state index contributed by atoms with van der Waals surface area (Å²) in [5.74, 6) is 1.75. The van der Waals surface area contributed by atoms with E-state index >= 15 is 0 Å². The molecule has 25 heavy (non-hydrogen) atoms. The number of nitrogens with zero attached hydrogens (tertiary/aromatic N) is 3. The van der Waals surface area contributed by atoms with Gasteiger partial charge < -0.3 is 15.4 Å². The highest BCUT2D eigenvalue weighted by molar-refractivity contribution is 7.20. The summed E-state index contributed by atoms with van der Waals surface area (Å²) in [6.45, 7) is 5.84. The van der Waals surface area contributed by atoms with Gasteiger partial charge in [0.1, 0.15) is 27.2 Å². The molecule has 3 aromatic heterocycles. The molecule has 0 fully saturated rings. The van der Waals surface area contributed by atoms with Gasteiger partial charge >= 0.3 is 5.97 Å². The van der Waals surface area contributed by atoms with Crippen molar-refractivity contribution in [3.8, 4) is 0 Å². The molecule has 0 aliphatic heterocycles. The number of anilines is 3. The summed E-state index contributed by atoms with van der Waals surface area (Å²) in [4.78, 5) is 26.7. The number of pyridine rings is 1. The Bertz CT molecular complexity index is 921. The average Bonchev–Trinajstić information content (AvgIpc) is 2.92. The molecule has 3 rings (SSSR count). The van der Waals surface area contributed by atoms with Gasteiger partial charge in [0.05, 0.1) is 23.9 Å². The first kappa shape index (κ1) is 17.1. The quantitative estimate of drug-likeness (QED) is 0.674. The summed E-state index contributed by atoms with van der Waals surface area (Å²) < 4.78 is 5.14. The van der Waals surface area contributed by atoms with Gasteiger partial charge in [-0.3, -0.25) is 0 Å². The van der Waals surface area contributed by atoms with Crippen molar-refractivity contribution in [2.24, 2.45) is 0 Å². The molecular formula is C17H19N5O2S. The lowest BCUT2D eigenvalue weighted by Gasteiger charge is -2.09. The molecule has 0 radical (unpaired) electrons. The smallest absolute Gasteiger partial charge is 0.348 e. The molecule has 0 spiro atoms. The number of ether oxygens (including phenoxy) is 1. The Kier molecular flexibility index (Phi) is 4.80. The molecule has 130 valence electrons. The largest absolute Gasteiger partial charge is 0.462 e. The average molecular weight is 357 g/mol. The molecule has 3 aromatic rings. The van der Waals surface area contributed by atoms with Crippen molar-refractivity contribution in [2.45, 2.75) is 20.8 Å². The van der Waals surface area contributed by atoms with Gasteiger partial charge in [0.15, 0.2) is 0 Å². The van der Waals surface area contributed by atoms with Gasteiger partial charge in [0.2, 0.25) is 0 Å². The van der Waals surface area contributed by atoms with Crippen LogP contribution in [0.2, 0.25) is 0 Å². The van der Waals surface area contributed by atoms with Gasteiger partial charge in [-0.25, -0.2) is 19.7 Å². The summed E-state index contributed by atoms with van der Waals surface area (Å²) in [7, 11) is 1.82. The molecule has 3 heterocycles. The van der Waals surface area contributed by atoms with Gasteiger partial charge in [-0.05, 0) is 38.5 Å². The van der Waals surface area contributed by atoms with Crippen LogP contribution in [0.1, 0.15) is 28.0 Å². The predicted octanol–water partition coefficient (Wildman–Crippen LogP) is 3.67. The van der Waals surface area contributed by atoms with Crippen molar-refractivity contribution >= 4 is 44.8 Å². The Hall–Kier alpha value is -2.74. The number of thiophene rings is 1. The van der Waals surface area contributed by atoms with Crippen molar-refractivity contribution in [1.82, 2.24) is 15.0 Å². The second-order valence-electron chi connectivity index (χ2n) is 5.38. The standard InChI is InChI=1S/C17H19N5O2S/c1-5-24-17(23)14-9(2)13-15(20-10(3)21-16(13)25-14)22-11-6-7-12(18-4)19-8-11/h6-8H,5H2,1-4H3,(H,18,19)(H,20,21,22). The normalized spacial score (nSPS) is 10.7. The zero-order valence-corrected chi connectivity index (χ0v) is 15.3. The second kappa shape index (κ2) is 7.02. The number of carbonyl (C=O) groups is 1. The first-order chi connectivity index (χ1) is 12.0. The first-order valence-corrected chi connectivity index (χ1v) is 8.70. The SMILES string of the molecule is CCOC(=O)c1sc2nc(C)nc(Nc3ccc(NC)nc3)c2c1C. The Morgan fingerprint density at radius 1 is 1.28 bits per heavy atom. The molecule has 0 bridgehead atoms. The van der Waals surface area contributed by atoms with Crippen molar-refractivity contribution in [3.63, 3.8) is 0 Å². The van der Waals surface area contributed by atoms with Crippen LogP contribution in [0.3, 0.4) is 0 Å². The minimum absolute atomic E-state index is 0.327. The molecule has 0 aliphatic rings. The van der Waals surface area contributed by atoms with Gasteiger partial charge in [-0.2, -0.15) is 0 Å². The fraction of sp³-hybridized carbons (Fsp3) is 0.294. The number of hydrogen-bond acceptors (Lipinski definition) is 8. The van der Waals surface area contributed by atoms with Crippen LogP contribution in [0.5, 0.6) is 0 Å². The van der Waals surface area contributed by atoms with Crippen LogP contribution in [0.25, 0.3) is 10.2 Å². The predicted molar refractivity (Wildman–Crippen MR) is 99.9 cm³/mol. The summed E-state index contributed by atoms with van der Waals surface area (Å²) in [6.07, 6.45) is 1.73. The van der Waals surface area contributed by atoms with Crippen molar-refractivity contribution in [1.29, 1.82) is 0 Å².